The van der Waals surface area contributed by atoms with Crippen molar-refractivity contribution in [1.29, 1.82) is 0 Å². The number of hydrogen-bond donors (Lipinski definition) is 0. The number of nitrogens with zero attached hydrogens (tertiary/aromatic N) is 2. The van der Waals surface area contributed by atoms with Crippen LogP contribution in [0.15, 0.2) is 9.59 Å². The van der Waals surface area contributed by atoms with E-state index in [0.717, 1.165) is 0 Å². The average Bonchev–Trinajstić information content (AvgIpc) is 2.10. The molecular formula is C5H3I3N2O2S. The third-order valence-electron chi connectivity index (χ3n) is 1.37. The van der Waals surface area contributed by atoms with Gasteiger partial charge in [-0.2, -0.15) is 0 Å². The number of hydrogen-bond acceptors (Lipinski definition) is 5. The summed E-state index contributed by atoms with van der Waals surface area (Å²) in [7, 11) is 0. The van der Waals surface area contributed by atoms with Gasteiger partial charge in [-0.05, 0) is 11.9 Å². The van der Waals surface area contributed by atoms with Gasteiger partial charge < -0.3 is 0 Å². The third kappa shape index (κ3) is 2.25. The second-order valence-corrected chi connectivity index (χ2v) is 8.14. The fraction of sp³-hybridized carbons (Fsp3) is 0.200. The molecule has 72 valence electrons. The highest BCUT2D eigenvalue weighted by Crippen LogP contribution is 2.34. The predicted octanol–water partition coefficient (Wildman–Crippen LogP) is 2.22. The Bertz CT molecular complexity index is 387. The summed E-state index contributed by atoms with van der Waals surface area (Å²) in [5.74, 6) is 0. The smallest absolute Gasteiger partial charge is 0.255 e. The van der Waals surface area contributed by atoms with Crippen LogP contribution in [-0.4, -0.2) is 6.26 Å². The van der Waals surface area contributed by atoms with E-state index in [1.165, 1.54) is 11.9 Å². The molecule has 0 unspecified atom stereocenters. The van der Waals surface area contributed by atoms with Crippen LogP contribution in [0.25, 0.3) is 0 Å². The van der Waals surface area contributed by atoms with Crippen LogP contribution in [0.2, 0.25) is 0 Å². The molecular weight excluding hydrogens is 533 g/mol. The highest BCUT2D eigenvalue weighted by atomic mass is 127. The normalized spacial score (nSPS) is 10.5. The molecule has 0 atom stereocenters. The van der Waals surface area contributed by atoms with E-state index in [4.69, 9.17) is 0 Å². The van der Waals surface area contributed by atoms with Crippen molar-refractivity contribution in [3.05, 3.63) is 20.4 Å². The highest BCUT2D eigenvalue weighted by molar-refractivity contribution is 14.2. The molecule has 1 aromatic carbocycles. The monoisotopic (exact) mass is 536 g/mol. The molecule has 0 aromatic heterocycles. The van der Waals surface area contributed by atoms with Crippen molar-refractivity contribution in [1.82, 2.24) is 0 Å². The molecule has 0 bridgehead atoms. The Morgan fingerprint density at radius 1 is 1.08 bits per heavy atom. The Morgan fingerprint density at radius 3 is 1.92 bits per heavy atom. The molecule has 1 aromatic rings. The van der Waals surface area contributed by atoms with Crippen molar-refractivity contribution in [3.63, 3.8) is 0 Å². The number of rotatable bonds is 3. The summed E-state index contributed by atoms with van der Waals surface area (Å²) in [6.07, 6.45) is 1.85. The standard InChI is InChI=1S/C5H3I3N2O2S/c1-13-10(8)3-2(9(6)7)4(11)5(3)12/h1H3. The fourth-order valence-corrected chi connectivity index (χ4v) is 2.47. The lowest BCUT2D eigenvalue weighted by Crippen LogP contribution is -2.37. The first kappa shape index (κ1) is 12.3. The van der Waals surface area contributed by atoms with Gasteiger partial charge in [0.2, 0.25) is 0 Å². The van der Waals surface area contributed by atoms with Gasteiger partial charge in [-0.1, -0.05) is 0 Å². The van der Waals surface area contributed by atoms with Crippen molar-refractivity contribution in [2.24, 2.45) is 0 Å². The van der Waals surface area contributed by atoms with E-state index in [1.807, 2.05) is 74.8 Å². The van der Waals surface area contributed by atoms with E-state index >= 15 is 0 Å². The SMILES string of the molecule is CSN(I)c1c(N(I)I)c(=O)c1=O. The quantitative estimate of drug-likeness (QED) is 0.257. The van der Waals surface area contributed by atoms with Crippen LogP contribution in [-0.2, 0) is 0 Å². The van der Waals surface area contributed by atoms with Crippen molar-refractivity contribution in [3.8, 4) is 0 Å². The molecule has 1 rings (SSSR count). The van der Waals surface area contributed by atoms with Crippen molar-refractivity contribution in [2.75, 3.05) is 10.1 Å². The second kappa shape index (κ2) is 4.83. The Hall–Kier alpha value is 1.22. The Kier molecular flexibility index (Phi) is 4.56. The van der Waals surface area contributed by atoms with E-state index in [2.05, 4.69) is 0 Å². The van der Waals surface area contributed by atoms with Gasteiger partial charge in [-0.15, -0.1) is 0 Å². The maximum absolute atomic E-state index is 11.2. The summed E-state index contributed by atoms with van der Waals surface area (Å²) < 4.78 is 3.28. The minimum atomic E-state index is -0.408. The zero-order valence-corrected chi connectivity index (χ0v) is 13.5. The molecule has 0 N–H and O–H groups in total. The van der Waals surface area contributed by atoms with Gasteiger partial charge in [0.25, 0.3) is 10.9 Å². The largest absolute Gasteiger partial charge is 0.283 e. The Labute approximate surface area is 121 Å². The van der Waals surface area contributed by atoms with E-state index in [9.17, 15) is 9.59 Å². The molecule has 0 aliphatic carbocycles. The molecule has 0 amide bonds. The summed E-state index contributed by atoms with van der Waals surface area (Å²) in [6.45, 7) is 0. The first-order chi connectivity index (χ1) is 6.00. The minimum Gasteiger partial charge on any atom is -0.283 e. The van der Waals surface area contributed by atoms with Gasteiger partial charge in [0.15, 0.2) is 0 Å². The highest BCUT2D eigenvalue weighted by Gasteiger charge is 2.27. The molecule has 0 saturated carbocycles. The lowest BCUT2D eigenvalue weighted by Gasteiger charge is -2.19. The minimum absolute atomic E-state index is 0.405. The van der Waals surface area contributed by atoms with Gasteiger partial charge in [0.1, 0.15) is 11.4 Å². The van der Waals surface area contributed by atoms with E-state index < -0.39 is 10.9 Å². The average molecular weight is 536 g/mol. The first-order valence-electron chi connectivity index (χ1n) is 2.95. The van der Waals surface area contributed by atoms with Crippen LogP contribution in [0.1, 0.15) is 0 Å². The molecule has 0 aliphatic heterocycles. The fourth-order valence-electron chi connectivity index (χ4n) is 0.779. The van der Waals surface area contributed by atoms with Gasteiger partial charge in [0, 0.05) is 6.26 Å². The number of anilines is 2. The summed E-state index contributed by atoms with van der Waals surface area (Å²) in [5.41, 5.74) is 0.128. The second-order valence-electron chi connectivity index (χ2n) is 2.02. The molecule has 0 fully saturated rings. The van der Waals surface area contributed by atoms with Crippen LogP contribution >= 0.6 is 80.5 Å². The predicted molar refractivity (Wildman–Crippen MR) is 81.9 cm³/mol. The summed E-state index contributed by atoms with van der Waals surface area (Å²) in [6, 6.07) is 0. The van der Waals surface area contributed by atoms with Gasteiger partial charge in [0.05, 0.1) is 68.6 Å². The molecule has 4 nitrogen and oxygen atoms in total. The van der Waals surface area contributed by atoms with Crippen LogP contribution in [0.4, 0.5) is 11.4 Å². The van der Waals surface area contributed by atoms with E-state index in [-0.39, 0.29) is 0 Å². The van der Waals surface area contributed by atoms with Crippen LogP contribution in [0.5, 0.6) is 0 Å². The molecule has 13 heavy (non-hydrogen) atoms. The lowest BCUT2D eigenvalue weighted by atomic mass is 10.2. The van der Waals surface area contributed by atoms with Crippen LogP contribution in [0, 0.1) is 0 Å². The molecule has 0 heterocycles. The number of halogens is 3. The first-order valence-corrected chi connectivity index (χ1v) is 7.03. The van der Waals surface area contributed by atoms with Crippen molar-refractivity contribution >= 4 is 91.9 Å². The van der Waals surface area contributed by atoms with Crippen LogP contribution in [0.3, 0.4) is 0 Å². The zero-order valence-electron chi connectivity index (χ0n) is 6.25. The molecule has 0 aliphatic rings. The Balaban J connectivity index is 3.16. The van der Waals surface area contributed by atoms with E-state index in [0.29, 0.717) is 11.4 Å². The lowest BCUT2D eigenvalue weighted by molar-refractivity contribution is 1.39. The molecule has 8 heteroatoms. The molecule has 0 radical (unpaired) electrons. The topological polar surface area (TPSA) is 40.6 Å². The summed E-state index contributed by atoms with van der Waals surface area (Å²) in [5, 5.41) is 0. The van der Waals surface area contributed by atoms with Gasteiger partial charge >= 0.3 is 0 Å². The van der Waals surface area contributed by atoms with Crippen molar-refractivity contribution < 1.29 is 0 Å². The summed E-state index contributed by atoms with van der Waals surface area (Å²) in [4.78, 5) is 22.3. The van der Waals surface area contributed by atoms with Gasteiger partial charge in [-0.3, -0.25) is 12.1 Å². The van der Waals surface area contributed by atoms with Crippen LogP contribution < -0.4 is 14.7 Å². The zero-order chi connectivity index (χ0) is 10.2. The van der Waals surface area contributed by atoms with Crippen molar-refractivity contribution in [2.45, 2.75) is 0 Å². The maximum Gasteiger partial charge on any atom is 0.255 e. The maximum atomic E-state index is 11.2. The van der Waals surface area contributed by atoms with Gasteiger partial charge in [-0.25, -0.2) is 1.33 Å². The Morgan fingerprint density at radius 2 is 1.54 bits per heavy atom. The third-order valence-corrected chi connectivity index (χ3v) is 4.50. The summed E-state index contributed by atoms with van der Waals surface area (Å²) >= 11 is 7.30. The molecule has 0 saturated heterocycles. The van der Waals surface area contributed by atoms with E-state index in [1.54, 1.807) is 3.85 Å². The molecule has 0 spiro atoms.